The van der Waals surface area contributed by atoms with Gasteiger partial charge in [0.2, 0.25) is 0 Å². The molecule has 2 aromatic carbocycles. The van der Waals surface area contributed by atoms with Crippen molar-refractivity contribution in [1.82, 2.24) is 10.2 Å². The molecule has 0 atom stereocenters. The zero-order valence-electron chi connectivity index (χ0n) is 13.0. The molecule has 2 aromatic rings. The lowest BCUT2D eigenvalue weighted by molar-refractivity contribution is 0.0963. The molecular weight excluding hydrogens is 313 g/mol. The summed E-state index contributed by atoms with van der Waals surface area (Å²) >= 11 is 5.29. The van der Waals surface area contributed by atoms with E-state index in [-0.39, 0.29) is 11.7 Å². The van der Waals surface area contributed by atoms with Gasteiger partial charge in [0.25, 0.3) is 5.91 Å². The second kappa shape index (κ2) is 7.69. The van der Waals surface area contributed by atoms with Crippen molar-refractivity contribution in [3.8, 4) is 0 Å². The van der Waals surface area contributed by atoms with Gasteiger partial charge < -0.3 is 15.5 Å². The van der Waals surface area contributed by atoms with Crippen LogP contribution in [0, 0.1) is 5.82 Å². The Morgan fingerprint density at radius 3 is 2.43 bits per heavy atom. The van der Waals surface area contributed by atoms with Crippen LogP contribution in [0.25, 0.3) is 0 Å². The van der Waals surface area contributed by atoms with E-state index in [9.17, 15) is 9.18 Å². The number of hydrogen-bond acceptors (Lipinski definition) is 2. The van der Waals surface area contributed by atoms with Gasteiger partial charge in [-0.3, -0.25) is 4.79 Å². The van der Waals surface area contributed by atoms with Crippen LogP contribution in [0.15, 0.2) is 48.5 Å². The molecule has 2 N–H and O–H groups in total. The minimum atomic E-state index is -0.349. The molecule has 0 bridgehead atoms. The van der Waals surface area contributed by atoms with Crippen molar-refractivity contribution in [2.45, 2.75) is 6.54 Å². The van der Waals surface area contributed by atoms with Crippen molar-refractivity contribution in [2.75, 3.05) is 19.4 Å². The predicted molar refractivity (Wildman–Crippen MR) is 93.9 cm³/mol. The fraction of sp³-hybridized carbons (Fsp3) is 0.176. The highest BCUT2D eigenvalue weighted by molar-refractivity contribution is 7.80. The molecule has 0 aliphatic heterocycles. The van der Waals surface area contributed by atoms with Crippen LogP contribution in [0.5, 0.6) is 0 Å². The Labute approximate surface area is 140 Å². The van der Waals surface area contributed by atoms with E-state index in [0.29, 0.717) is 22.9 Å². The number of thiocarbonyl (C=S) groups is 1. The molecule has 2 rings (SSSR count). The number of para-hydroxylation sites is 1. The van der Waals surface area contributed by atoms with E-state index < -0.39 is 0 Å². The lowest BCUT2D eigenvalue weighted by Gasteiger charge is -2.21. The number of amides is 1. The number of carbonyl (C=O) groups excluding carboxylic acids is 1. The Bertz CT molecular complexity index is 703. The third-order valence-corrected chi connectivity index (χ3v) is 3.74. The fourth-order valence-corrected chi connectivity index (χ4v) is 2.20. The van der Waals surface area contributed by atoms with Crippen LogP contribution < -0.4 is 10.6 Å². The van der Waals surface area contributed by atoms with Gasteiger partial charge in [0, 0.05) is 26.2 Å². The first-order valence-electron chi connectivity index (χ1n) is 7.09. The number of halogens is 1. The second-order valence-electron chi connectivity index (χ2n) is 5.04. The molecule has 120 valence electrons. The number of hydrogen-bond donors (Lipinski definition) is 2. The van der Waals surface area contributed by atoms with Gasteiger partial charge in [-0.1, -0.05) is 24.3 Å². The maximum absolute atomic E-state index is 13.6. The normalized spacial score (nSPS) is 10.0. The number of nitrogens with one attached hydrogen (secondary N) is 2. The summed E-state index contributed by atoms with van der Waals surface area (Å²) in [7, 11) is 3.42. The first kappa shape index (κ1) is 16.9. The maximum Gasteiger partial charge on any atom is 0.251 e. The molecule has 0 radical (unpaired) electrons. The Kier molecular flexibility index (Phi) is 5.65. The highest BCUT2D eigenvalue weighted by Crippen LogP contribution is 2.14. The molecule has 0 aromatic heterocycles. The van der Waals surface area contributed by atoms with Crippen LogP contribution in [-0.4, -0.2) is 30.0 Å². The molecule has 4 nitrogen and oxygen atoms in total. The minimum Gasteiger partial charge on any atom is -0.355 e. The quantitative estimate of drug-likeness (QED) is 0.846. The first-order chi connectivity index (χ1) is 11.0. The molecule has 0 saturated carbocycles. The number of rotatable bonds is 4. The fourth-order valence-electron chi connectivity index (χ4n) is 2.02. The number of anilines is 1. The van der Waals surface area contributed by atoms with Gasteiger partial charge in [-0.15, -0.1) is 0 Å². The van der Waals surface area contributed by atoms with Gasteiger partial charge in [-0.05, 0) is 42.0 Å². The van der Waals surface area contributed by atoms with Crippen LogP contribution >= 0.6 is 12.2 Å². The van der Waals surface area contributed by atoms with Gasteiger partial charge in [0.15, 0.2) is 5.11 Å². The molecular formula is C17H18FN3OS. The third-order valence-electron chi connectivity index (χ3n) is 3.33. The zero-order chi connectivity index (χ0) is 16.8. The van der Waals surface area contributed by atoms with Gasteiger partial charge in [0.05, 0.1) is 5.69 Å². The average molecular weight is 331 g/mol. The van der Waals surface area contributed by atoms with Crippen molar-refractivity contribution in [3.05, 3.63) is 65.5 Å². The molecule has 0 saturated heterocycles. The van der Waals surface area contributed by atoms with E-state index >= 15 is 0 Å². The molecule has 1 amide bonds. The van der Waals surface area contributed by atoms with Crippen LogP contribution in [0.2, 0.25) is 0 Å². The van der Waals surface area contributed by atoms with Crippen molar-refractivity contribution < 1.29 is 9.18 Å². The summed E-state index contributed by atoms with van der Waals surface area (Å²) in [6.45, 7) is 0.550. The number of carbonyl (C=O) groups is 1. The summed E-state index contributed by atoms with van der Waals surface area (Å²) in [6, 6.07) is 13.6. The SMILES string of the molecule is CNC(=O)c1ccc(CN(C)C(=S)Nc2ccccc2F)cc1. The summed E-state index contributed by atoms with van der Waals surface area (Å²) in [5.74, 6) is -0.472. The molecule has 0 fully saturated rings. The van der Waals surface area contributed by atoms with E-state index in [1.807, 2.05) is 19.2 Å². The molecule has 0 spiro atoms. The Morgan fingerprint density at radius 2 is 1.83 bits per heavy atom. The van der Waals surface area contributed by atoms with E-state index in [4.69, 9.17) is 12.2 Å². The minimum absolute atomic E-state index is 0.123. The summed E-state index contributed by atoms with van der Waals surface area (Å²) in [5, 5.41) is 5.89. The molecule has 0 aliphatic carbocycles. The number of nitrogens with zero attached hydrogens (tertiary/aromatic N) is 1. The largest absolute Gasteiger partial charge is 0.355 e. The van der Waals surface area contributed by atoms with Crippen molar-refractivity contribution in [3.63, 3.8) is 0 Å². The molecule has 23 heavy (non-hydrogen) atoms. The van der Waals surface area contributed by atoms with E-state index in [1.165, 1.54) is 6.07 Å². The molecule has 0 aliphatic rings. The van der Waals surface area contributed by atoms with Crippen LogP contribution in [0.3, 0.4) is 0 Å². The van der Waals surface area contributed by atoms with Crippen LogP contribution in [0.4, 0.5) is 10.1 Å². The highest BCUT2D eigenvalue weighted by Gasteiger charge is 2.09. The Hall–Kier alpha value is -2.47. The van der Waals surface area contributed by atoms with E-state index in [1.54, 1.807) is 42.3 Å². The summed E-state index contributed by atoms with van der Waals surface area (Å²) in [4.78, 5) is 13.3. The summed E-state index contributed by atoms with van der Waals surface area (Å²) in [6.07, 6.45) is 0. The summed E-state index contributed by atoms with van der Waals surface area (Å²) in [5.41, 5.74) is 1.95. The monoisotopic (exact) mass is 331 g/mol. The second-order valence-corrected chi connectivity index (χ2v) is 5.43. The van der Waals surface area contributed by atoms with Crippen LogP contribution in [-0.2, 0) is 6.54 Å². The standard InChI is InChI=1S/C17H18FN3OS/c1-19-16(22)13-9-7-12(8-10-13)11-21(2)17(23)20-15-6-4-3-5-14(15)18/h3-10H,11H2,1-2H3,(H,19,22)(H,20,23). The third kappa shape index (κ3) is 4.50. The van der Waals surface area contributed by atoms with E-state index in [0.717, 1.165) is 5.56 Å². The number of benzene rings is 2. The highest BCUT2D eigenvalue weighted by atomic mass is 32.1. The molecule has 0 unspecified atom stereocenters. The summed E-state index contributed by atoms with van der Waals surface area (Å²) < 4.78 is 13.6. The average Bonchev–Trinajstić information content (AvgIpc) is 2.56. The topological polar surface area (TPSA) is 44.4 Å². The zero-order valence-corrected chi connectivity index (χ0v) is 13.8. The predicted octanol–water partition coefficient (Wildman–Crippen LogP) is 3.01. The van der Waals surface area contributed by atoms with E-state index in [2.05, 4.69) is 10.6 Å². The maximum atomic E-state index is 13.6. The first-order valence-corrected chi connectivity index (χ1v) is 7.49. The lowest BCUT2D eigenvalue weighted by atomic mass is 10.1. The van der Waals surface area contributed by atoms with Crippen LogP contribution in [0.1, 0.15) is 15.9 Å². The molecule has 6 heteroatoms. The van der Waals surface area contributed by atoms with Gasteiger partial charge in [-0.25, -0.2) is 4.39 Å². The Morgan fingerprint density at radius 1 is 1.17 bits per heavy atom. The van der Waals surface area contributed by atoms with Crippen molar-refractivity contribution in [2.24, 2.45) is 0 Å². The molecule has 0 heterocycles. The smallest absolute Gasteiger partial charge is 0.251 e. The van der Waals surface area contributed by atoms with Crippen molar-refractivity contribution >= 4 is 28.9 Å². The van der Waals surface area contributed by atoms with Gasteiger partial charge >= 0.3 is 0 Å². The lowest BCUT2D eigenvalue weighted by Crippen LogP contribution is -2.30. The van der Waals surface area contributed by atoms with Crippen molar-refractivity contribution in [1.29, 1.82) is 0 Å². The van der Waals surface area contributed by atoms with Gasteiger partial charge in [0.1, 0.15) is 5.82 Å². The van der Waals surface area contributed by atoms with Gasteiger partial charge in [-0.2, -0.15) is 0 Å². The Balaban J connectivity index is 1.98.